The van der Waals surface area contributed by atoms with Gasteiger partial charge in [0.25, 0.3) is 0 Å². The van der Waals surface area contributed by atoms with Gasteiger partial charge in [0.15, 0.2) is 6.10 Å². The molecule has 0 aromatic rings. The zero-order chi connectivity index (χ0) is 48.6. The van der Waals surface area contributed by atoms with Gasteiger partial charge in [-0.1, -0.05) is 221 Å². The van der Waals surface area contributed by atoms with Gasteiger partial charge in [0.1, 0.15) is 13.2 Å². The first kappa shape index (κ1) is 63.3. The topological polar surface area (TPSA) is 78.9 Å². The van der Waals surface area contributed by atoms with Crippen LogP contribution in [-0.4, -0.2) is 37.2 Å². The summed E-state index contributed by atoms with van der Waals surface area (Å²) < 4.78 is 16.8. The van der Waals surface area contributed by atoms with Gasteiger partial charge in [0.05, 0.1) is 0 Å². The van der Waals surface area contributed by atoms with Crippen LogP contribution in [0.15, 0.2) is 97.2 Å². The fraction of sp³-hybridized carbons (Fsp3) is 0.689. The lowest BCUT2D eigenvalue weighted by Crippen LogP contribution is -2.30. The van der Waals surface area contributed by atoms with E-state index in [-0.39, 0.29) is 31.1 Å². The zero-order valence-corrected chi connectivity index (χ0v) is 43.6. The van der Waals surface area contributed by atoms with Crippen molar-refractivity contribution >= 4 is 17.9 Å². The molecule has 6 heteroatoms. The van der Waals surface area contributed by atoms with E-state index in [1.54, 1.807) is 0 Å². The normalized spacial score (nSPS) is 12.8. The number of rotatable bonds is 49. The second kappa shape index (κ2) is 54.9. The third-order valence-electron chi connectivity index (χ3n) is 11.5. The molecule has 0 N–H and O–H groups in total. The molecule has 0 fully saturated rings. The third-order valence-corrected chi connectivity index (χ3v) is 11.5. The maximum absolute atomic E-state index is 12.8. The van der Waals surface area contributed by atoms with E-state index in [4.69, 9.17) is 14.2 Å². The Balaban J connectivity index is 4.29. The Kier molecular flexibility index (Phi) is 51.9. The van der Waals surface area contributed by atoms with Crippen LogP contribution in [0.3, 0.4) is 0 Å². The monoisotopic (exact) mass is 931 g/mol. The Morgan fingerprint density at radius 2 is 0.612 bits per heavy atom. The molecule has 0 saturated heterocycles. The van der Waals surface area contributed by atoms with Gasteiger partial charge in [0.2, 0.25) is 0 Å². The summed E-state index contributed by atoms with van der Waals surface area (Å²) in [7, 11) is 0. The summed E-state index contributed by atoms with van der Waals surface area (Å²) in [6.07, 6.45) is 72.6. The number of ether oxygens (including phenoxy) is 3. The highest BCUT2D eigenvalue weighted by Gasteiger charge is 2.19. The molecule has 0 heterocycles. The largest absolute Gasteiger partial charge is 0.462 e. The van der Waals surface area contributed by atoms with Crippen molar-refractivity contribution in [2.75, 3.05) is 13.2 Å². The lowest BCUT2D eigenvalue weighted by atomic mass is 10.1. The van der Waals surface area contributed by atoms with Crippen molar-refractivity contribution in [3.8, 4) is 0 Å². The van der Waals surface area contributed by atoms with Crippen LogP contribution >= 0.6 is 0 Å². The molecule has 0 aromatic heterocycles. The van der Waals surface area contributed by atoms with E-state index in [2.05, 4.69) is 118 Å². The van der Waals surface area contributed by atoms with Gasteiger partial charge in [0, 0.05) is 19.3 Å². The summed E-state index contributed by atoms with van der Waals surface area (Å²) in [5.74, 6) is -0.920. The van der Waals surface area contributed by atoms with Crippen LogP contribution in [0.25, 0.3) is 0 Å². The maximum Gasteiger partial charge on any atom is 0.306 e. The van der Waals surface area contributed by atoms with E-state index >= 15 is 0 Å². The highest BCUT2D eigenvalue weighted by molar-refractivity contribution is 5.71. The molecule has 0 aliphatic carbocycles. The van der Waals surface area contributed by atoms with E-state index in [0.717, 1.165) is 135 Å². The van der Waals surface area contributed by atoms with Crippen molar-refractivity contribution in [3.63, 3.8) is 0 Å². The maximum atomic E-state index is 12.8. The molecule has 6 nitrogen and oxygen atoms in total. The Morgan fingerprint density at radius 3 is 0.985 bits per heavy atom. The molecule has 0 aliphatic rings. The van der Waals surface area contributed by atoms with Crippen molar-refractivity contribution in [3.05, 3.63) is 97.2 Å². The summed E-state index contributed by atoms with van der Waals surface area (Å²) in [6.45, 7) is 6.39. The van der Waals surface area contributed by atoms with Gasteiger partial charge in [-0.25, -0.2) is 0 Å². The molecule has 1 unspecified atom stereocenters. The minimum absolute atomic E-state index is 0.0895. The molecule has 0 spiro atoms. The number of hydrogen-bond donors (Lipinski definition) is 0. The molecule has 1 atom stereocenters. The van der Waals surface area contributed by atoms with Crippen LogP contribution < -0.4 is 0 Å². The number of allylic oxidation sites excluding steroid dienone is 16. The molecule has 67 heavy (non-hydrogen) atoms. The molecule has 0 bridgehead atoms. The van der Waals surface area contributed by atoms with Gasteiger partial charge in [-0.2, -0.15) is 0 Å². The number of carbonyl (C=O) groups excluding carboxylic acids is 3. The van der Waals surface area contributed by atoms with Gasteiger partial charge in [-0.05, 0) is 109 Å². The first-order valence-electron chi connectivity index (χ1n) is 27.7. The summed E-state index contributed by atoms with van der Waals surface area (Å²) in [5, 5.41) is 0. The van der Waals surface area contributed by atoms with E-state index in [9.17, 15) is 14.4 Å². The van der Waals surface area contributed by atoms with Gasteiger partial charge < -0.3 is 14.2 Å². The van der Waals surface area contributed by atoms with E-state index < -0.39 is 6.10 Å². The first-order valence-corrected chi connectivity index (χ1v) is 27.7. The summed E-state index contributed by atoms with van der Waals surface area (Å²) >= 11 is 0. The molecular weight excluding hydrogens is 829 g/mol. The average Bonchev–Trinajstić information content (AvgIpc) is 3.33. The van der Waals surface area contributed by atoms with Crippen LogP contribution in [-0.2, 0) is 28.6 Å². The first-order chi connectivity index (χ1) is 33.0. The lowest BCUT2D eigenvalue weighted by molar-refractivity contribution is -0.167. The van der Waals surface area contributed by atoms with Gasteiger partial charge in [-0.15, -0.1) is 0 Å². The fourth-order valence-corrected chi connectivity index (χ4v) is 7.37. The third kappa shape index (κ3) is 53.2. The molecule has 0 saturated carbocycles. The Bertz CT molecular complexity index is 1350. The van der Waals surface area contributed by atoms with Crippen LogP contribution in [0.5, 0.6) is 0 Å². The SMILES string of the molecule is CC/C=C\C/C=C\C/C=C\C/C=C\C/C=C\CCCCCCCCCCCC(=O)OCC(COC(=O)CCCCCCC/C=C\CCCC)OC(=O)CCCCCCC/C=C\C/C=C\CCC. The molecule has 0 radical (unpaired) electrons. The van der Waals surface area contributed by atoms with Crippen molar-refractivity contribution in [2.24, 2.45) is 0 Å². The molecule has 382 valence electrons. The zero-order valence-electron chi connectivity index (χ0n) is 43.6. The summed E-state index contributed by atoms with van der Waals surface area (Å²) in [6, 6.07) is 0. The quantitative estimate of drug-likeness (QED) is 0.0262. The minimum Gasteiger partial charge on any atom is -0.462 e. The predicted octanol–water partition coefficient (Wildman–Crippen LogP) is 18.5. The number of esters is 3. The molecule has 0 aliphatic heterocycles. The Morgan fingerprint density at radius 1 is 0.313 bits per heavy atom. The van der Waals surface area contributed by atoms with Crippen LogP contribution in [0.2, 0.25) is 0 Å². The minimum atomic E-state index is -0.790. The van der Waals surface area contributed by atoms with Crippen molar-refractivity contribution < 1.29 is 28.6 Å². The predicted molar refractivity (Wildman–Crippen MR) is 288 cm³/mol. The highest BCUT2D eigenvalue weighted by atomic mass is 16.6. The van der Waals surface area contributed by atoms with Crippen molar-refractivity contribution in [1.29, 1.82) is 0 Å². The van der Waals surface area contributed by atoms with E-state index in [1.807, 2.05) is 0 Å². The van der Waals surface area contributed by atoms with Crippen LogP contribution in [0.4, 0.5) is 0 Å². The smallest absolute Gasteiger partial charge is 0.306 e. The van der Waals surface area contributed by atoms with Crippen LogP contribution in [0, 0.1) is 0 Å². The lowest BCUT2D eigenvalue weighted by Gasteiger charge is -2.18. The summed E-state index contributed by atoms with van der Waals surface area (Å²) in [4.78, 5) is 38.0. The second-order valence-corrected chi connectivity index (χ2v) is 18.1. The molecule has 0 amide bonds. The number of carbonyl (C=O) groups is 3. The van der Waals surface area contributed by atoms with Crippen molar-refractivity contribution in [2.45, 2.75) is 258 Å². The second-order valence-electron chi connectivity index (χ2n) is 18.1. The standard InChI is InChI=1S/C61H102O6/c1-4-7-10-13-16-19-22-24-25-26-27-28-29-30-31-32-33-34-35-37-39-42-45-48-51-54-60(63)66-57-58(56-65-59(62)53-50-47-44-41-38-21-18-15-12-9-6-3)67-61(64)55-52-49-46-43-40-36-23-20-17-14-11-8-5-2/h7,10-11,14-16,18-20,23-25,27-28,30-31,58H,4-6,8-9,12-13,17,21-22,26,29,32-57H2,1-3H3/b10-7-,14-11-,18-15-,19-16-,23-20-,25-24-,28-27-,31-30-. The molecule has 0 rings (SSSR count). The van der Waals surface area contributed by atoms with Gasteiger partial charge in [-0.3, -0.25) is 14.4 Å². The molecular formula is C61H102O6. The molecule has 0 aromatic carbocycles. The van der Waals surface area contributed by atoms with Crippen molar-refractivity contribution in [1.82, 2.24) is 0 Å². The van der Waals surface area contributed by atoms with E-state index in [1.165, 1.54) is 77.0 Å². The fourth-order valence-electron chi connectivity index (χ4n) is 7.37. The highest BCUT2D eigenvalue weighted by Crippen LogP contribution is 2.14. The number of hydrogen-bond acceptors (Lipinski definition) is 6. The van der Waals surface area contributed by atoms with Gasteiger partial charge >= 0.3 is 17.9 Å². The Labute approximate surface area is 413 Å². The van der Waals surface area contributed by atoms with Crippen LogP contribution in [0.1, 0.15) is 252 Å². The number of unbranched alkanes of at least 4 members (excludes halogenated alkanes) is 22. The summed E-state index contributed by atoms with van der Waals surface area (Å²) in [5.41, 5.74) is 0. The Hall–Kier alpha value is -3.67. The average molecular weight is 931 g/mol. The van der Waals surface area contributed by atoms with E-state index in [0.29, 0.717) is 19.3 Å².